The number of nitrogens with zero attached hydrogens (tertiary/aromatic N) is 1. The maximum Gasteiger partial charge on any atom is 0.405 e. The zero-order valence-electron chi connectivity index (χ0n) is 10.9. The molecule has 1 aromatic rings. The van der Waals surface area contributed by atoms with Gasteiger partial charge in [-0.25, -0.2) is 4.79 Å². The molecule has 0 saturated heterocycles. The van der Waals surface area contributed by atoms with Gasteiger partial charge in [-0.1, -0.05) is 19.8 Å². The lowest BCUT2D eigenvalue weighted by Gasteiger charge is -2.29. The van der Waals surface area contributed by atoms with Crippen LogP contribution in [0.2, 0.25) is 0 Å². The number of rotatable bonds is 7. The van der Waals surface area contributed by atoms with Crippen LogP contribution in [0.5, 0.6) is 0 Å². The van der Waals surface area contributed by atoms with Gasteiger partial charge in [-0.3, -0.25) is 9.89 Å². The number of halogens is 1. The molecule has 0 spiro atoms. The molecule has 5 N–H and O–H groups in total. The van der Waals surface area contributed by atoms with Crippen LogP contribution in [0.3, 0.4) is 0 Å². The number of carbonyl (C=O) groups is 2. The van der Waals surface area contributed by atoms with Crippen molar-refractivity contribution in [2.24, 2.45) is 0 Å². The first-order chi connectivity index (χ1) is 9.37. The van der Waals surface area contributed by atoms with Crippen molar-refractivity contribution in [2.75, 3.05) is 5.32 Å². The molecular weight excluding hydrogens is 379 g/mol. The van der Waals surface area contributed by atoms with E-state index in [2.05, 4.69) is 20.8 Å². The van der Waals surface area contributed by atoms with Gasteiger partial charge in [0.15, 0.2) is 0 Å². The zero-order valence-corrected chi connectivity index (χ0v) is 13.0. The smallest absolute Gasteiger partial charge is 0.405 e. The van der Waals surface area contributed by atoms with E-state index < -0.39 is 21.7 Å². The summed E-state index contributed by atoms with van der Waals surface area (Å²) in [7, 11) is 0. The molecule has 0 aromatic carbocycles. The van der Waals surface area contributed by atoms with Crippen LogP contribution in [0.1, 0.15) is 26.2 Å². The van der Waals surface area contributed by atoms with Gasteiger partial charge >= 0.3 is 6.09 Å². The largest absolute Gasteiger partial charge is 0.465 e. The summed E-state index contributed by atoms with van der Waals surface area (Å²) in [5.41, 5.74) is 0. The lowest BCUT2D eigenvalue weighted by Crippen LogP contribution is -2.55. The van der Waals surface area contributed by atoms with E-state index in [9.17, 15) is 14.7 Å². The molecule has 9 heteroatoms. The standard InChI is InChI=1S/C11H17IN4O4/c1-2-3-4-7(14-10(18)19)11(12,20)9(17)15-8-5-6-13-16-8/h5-7,14,20H,2-4H2,1H3,(H,18,19)(H2,13,15,16,17)/t7?,11-/m1/s1. The Kier molecular flexibility index (Phi) is 6.20. The van der Waals surface area contributed by atoms with Crippen LogP contribution in [0.25, 0.3) is 0 Å². The molecule has 0 radical (unpaired) electrons. The molecule has 2 atom stereocenters. The Balaban J connectivity index is 2.78. The molecule has 20 heavy (non-hydrogen) atoms. The number of hydrogen-bond acceptors (Lipinski definition) is 4. The highest BCUT2D eigenvalue weighted by Gasteiger charge is 2.42. The molecule has 1 unspecified atom stereocenters. The summed E-state index contributed by atoms with van der Waals surface area (Å²) in [6.45, 7) is 1.94. The van der Waals surface area contributed by atoms with Crippen molar-refractivity contribution >= 4 is 40.4 Å². The number of nitrogens with one attached hydrogen (secondary N) is 3. The van der Waals surface area contributed by atoms with Crippen molar-refractivity contribution in [3.8, 4) is 0 Å². The summed E-state index contributed by atoms with van der Waals surface area (Å²) in [5, 5.41) is 30.0. The van der Waals surface area contributed by atoms with Crippen molar-refractivity contribution < 1.29 is 19.8 Å². The van der Waals surface area contributed by atoms with E-state index in [1.807, 2.05) is 6.92 Å². The molecule has 0 aliphatic carbocycles. The first kappa shape index (κ1) is 16.7. The first-order valence-corrected chi connectivity index (χ1v) is 7.17. The number of alkyl halides is 1. The van der Waals surface area contributed by atoms with Gasteiger partial charge in [0.05, 0.1) is 12.2 Å². The van der Waals surface area contributed by atoms with Gasteiger partial charge in [-0.2, -0.15) is 5.10 Å². The molecule has 1 aromatic heterocycles. The fourth-order valence-corrected chi connectivity index (χ4v) is 2.21. The third kappa shape index (κ3) is 4.63. The van der Waals surface area contributed by atoms with Crippen molar-refractivity contribution in [2.45, 2.75) is 35.8 Å². The zero-order chi connectivity index (χ0) is 15.2. The van der Waals surface area contributed by atoms with Crippen molar-refractivity contribution in [1.82, 2.24) is 15.5 Å². The minimum atomic E-state index is -1.89. The summed E-state index contributed by atoms with van der Waals surface area (Å²) < 4.78 is -1.89. The Hall–Kier alpha value is -1.36. The number of aromatic nitrogens is 2. The van der Waals surface area contributed by atoms with E-state index in [4.69, 9.17) is 5.11 Å². The highest BCUT2D eigenvalue weighted by molar-refractivity contribution is 14.1. The van der Waals surface area contributed by atoms with Gasteiger partial charge in [0, 0.05) is 6.07 Å². The predicted octanol–water partition coefficient (Wildman–Crippen LogP) is 1.30. The van der Waals surface area contributed by atoms with Crippen molar-refractivity contribution in [3.05, 3.63) is 12.3 Å². The quantitative estimate of drug-likeness (QED) is 0.351. The van der Waals surface area contributed by atoms with Crippen molar-refractivity contribution in [3.63, 3.8) is 0 Å². The van der Waals surface area contributed by atoms with Crippen molar-refractivity contribution in [1.29, 1.82) is 0 Å². The van der Waals surface area contributed by atoms with Crippen LogP contribution >= 0.6 is 22.6 Å². The number of H-pyrrole nitrogens is 1. The highest BCUT2D eigenvalue weighted by Crippen LogP contribution is 2.25. The Bertz CT molecular complexity index is 449. The Morgan fingerprint density at radius 1 is 1.60 bits per heavy atom. The number of carboxylic acid groups (broad SMARTS) is 1. The number of amides is 2. The third-order valence-electron chi connectivity index (χ3n) is 2.67. The Labute approximate surface area is 129 Å². The molecule has 8 nitrogen and oxygen atoms in total. The second-order valence-corrected chi connectivity index (χ2v) is 5.89. The van der Waals surface area contributed by atoms with E-state index in [-0.39, 0.29) is 0 Å². The maximum absolute atomic E-state index is 12.1. The normalized spacial score (nSPS) is 15.2. The summed E-state index contributed by atoms with van der Waals surface area (Å²) in [4.78, 5) is 22.9. The van der Waals surface area contributed by atoms with E-state index in [0.29, 0.717) is 18.7 Å². The number of carbonyl (C=O) groups excluding carboxylic acids is 1. The summed E-state index contributed by atoms with van der Waals surface area (Å²) in [6, 6.07) is 0.625. The van der Waals surface area contributed by atoms with E-state index >= 15 is 0 Å². The molecule has 0 bridgehead atoms. The summed E-state index contributed by atoms with van der Waals surface area (Å²) in [6.07, 6.45) is 2.04. The second-order valence-electron chi connectivity index (χ2n) is 4.24. The van der Waals surface area contributed by atoms with Gasteiger partial charge in [-0.05, 0) is 29.0 Å². The lowest BCUT2D eigenvalue weighted by molar-refractivity contribution is -0.126. The molecule has 0 saturated carbocycles. The molecule has 112 valence electrons. The highest BCUT2D eigenvalue weighted by atomic mass is 127. The van der Waals surface area contributed by atoms with E-state index in [0.717, 1.165) is 6.42 Å². The predicted molar refractivity (Wildman–Crippen MR) is 80.7 cm³/mol. The molecule has 0 aliphatic heterocycles. The monoisotopic (exact) mass is 396 g/mol. The van der Waals surface area contributed by atoms with Crippen LogP contribution in [-0.2, 0) is 4.79 Å². The fraction of sp³-hybridized carbons (Fsp3) is 0.545. The Morgan fingerprint density at radius 3 is 2.80 bits per heavy atom. The van der Waals surface area contributed by atoms with Gasteiger partial charge in [0.2, 0.25) is 3.61 Å². The van der Waals surface area contributed by atoms with Crippen LogP contribution < -0.4 is 10.6 Å². The number of unbranched alkanes of at least 4 members (excludes halogenated alkanes) is 1. The molecule has 1 rings (SSSR count). The van der Waals surface area contributed by atoms with E-state index in [1.54, 1.807) is 22.6 Å². The van der Waals surface area contributed by atoms with Gasteiger partial charge in [0.1, 0.15) is 5.82 Å². The fourth-order valence-electron chi connectivity index (χ4n) is 1.61. The second kappa shape index (κ2) is 7.43. The number of anilines is 1. The Morgan fingerprint density at radius 2 is 2.30 bits per heavy atom. The topological polar surface area (TPSA) is 127 Å². The van der Waals surface area contributed by atoms with Gasteiger partial charge < -0.3 is 20.8 Å². The minimum Gasteiger partial charge on any atom is -0.465 e. The SMILES string of the molecule is CCCCC(NC(=O)O)[C@](O)(I)C(=O)Nc1ccn[nH]1. The molecule has 2 amide bonds. The van der Waals surface area contributed by atoms with Gasteiger partial charge in [0.25, 0.3) is 5.91 Å². The molecule has 1 heterocycles. The van der Waals surface area contributed by atoms with Crippen LogP contribution in [0.15, 0.2) is 12.3 Å². The third-order valence-corrected chi connectivity index (χ3v) is 3.91. The van der Waals surface area contributed by atoms with Gasteiger partial charge in [-0.15, -0.1) is 0 Å². The summed E-state index contributed by atoms with van der Waals surface area (Å²) >= 11 is 1.55. The molecule has 0 fully saturated rings. The number of hydrogen-bond donors (Lipinski definition) is 5. The molecule has 0 aliphatic rings. The summed E-state index contributed by atoms with van der Waals surface area (Å²) in [5.74, 6) is -0.383. The van der Waals surface area contributed by atoms with Crippen LogP contribution in [0.4, 0.5) is 10.6 Å². The number of aromatic amines is 1. The average Bonchev–Trinajstić information content (AvgIpc) is 2.86. The molecular formula is C11H17IN4O4. The van der Waals surface area contributed by atoms with E-state index in [1.165, 1.54) is 12.3 Å². The van der Waals surface area contributed by atoms with Crippen LogP contribution in [-0.4, -0.2) is 42.1 Å². The minimum absolute atomic E-state index is 0.328. The first-order valence-electron chi connectivity index (χ1n) is 6.09. The lowest BCUT2D eigenvalue weighted by atomic mass is 10.0. The average molecular weight is 396 g/mol. The maximum atomic E-state index is 12.1. The van der Waals surface area contributed by atoms with Crippen LogP contribution in [0, 0.1) is 0 Å². The number of aliphatic hydroxyl groups is 1.